The number of aromatic nitrogens is 1. The molecular formula is C24H29FN8O2. The van der Waals surface area contributed by atoms with Gasteiger partial charge in [0.1, 0.15) is 0 Å². The van der Waals surface area contributed by atoms with Crippen molar-refractivity contribution in [3.05, 3.63) is 53.6 Å². The Hall–Kier alpha value is -3.75. The molecule has 0 atom stereocenters. The predicted octanol–water partition coefficient (Wildman–Crippen LogP) is 2.46. The van der Waals surface area contributed by atoms with Crippen molar-refractivity contribution in [3.63, 3.8) is 0 Å². The molecule has 0 aliphatic carbocycles. The number of piperazine rings is 1. The first-order chi connectivity index (χ1) is 17.0. The molecule has 11 heteroatoms. The molecule has 0 radical (unpaired) electrons. The van der Waals surface area contributed by atoms with E-state index in [-0.39, 0.29) is 5.69 Å². The predicted molar refractivity (Wildman–Crippen MR) is 130 cm³/mol. The maximum atomic E-state index is 15.2. The second-order valence-electron chi connectivity index (χ2n) is 8.42. The number of pyridine rings is 1. The molecule has 2 amide bonds. The first-order valence-electron chi connectivity index (χ1n) is 11.6. The Morgan fingerprint density at radius 1 is 1.11 bits per heavy atom. The molecule has 0 spiro atoms. The van der Waals surface area contributed by atoms with Gasteiger partial charge in [-0.15, -0.1) is 4.99 Å². The zero-order valence-electron chi connectivity index (χ0n) is 19.7. The number of ether oxygens (including phenoxy) is 1. The summed E-state index contributed by atoms with van der Waals surface area (Å²) in [6.07, 6.45) is 3.47. The Kier molecular flexibility index (Phi) is 8.07. The zero-order valence-corrected chi connectivity index (χ0v) is 19.7. The summed E-state index contributed by atoms with van der Waals surface area (Å²) in [7, 11) is 0. The van der Waals surface area contributed by atoms with Crippen molar-refractivity contribution >= 4 is 23.4 Å². The van der Waals surface area contributed by atoms with Gasteiger partial charge in [0.05, 0.1) is 30.8 Å². The molecule has 2 N–H and O–H groups in total. The molecule has 4 rings (SSSR count). The molecule has 35 heavy (non-hydrogen) atoms. The van der Waals surface area contributed by atoms with Gasteiger partial charge in [0.2, 0.25) is 12.2 Å². The van der Waals surface area contributed by atoms with Crippen molar-refractivity contribution in [2.45, 2.75) is 13.5 Å². The lowest BCUT2D eigenvalue weighted by molar-refractivity contribution is 0.0590. The van der Waals surface area contributed by atoms with Gasteiger partial charge in [-0.2, -0.15) is 5.26 Å². The fourth-order valence-electron chi connectivity index (χ4n) is 4.12. The van der Waals surface area contributed by atoms with E-state index in [0.29, 0.717) is 76.2 Å². The smallest absolute Gasteiger partial charge is 0.323 e. The Morgan fingerprint density at radius 3 is 2.54 bits per heavy atom. The van der Waals surface area contributed by atoms with Gasteiger partial charge in [-0.3, -0.25) is 9.88 Å². The van der Waals surface area contributed by atoms with Crippen LogP contribution in [0.3, 0.4) is 0 Å². The third-order valence-electron chi connectivity index (χ3n) is 5.99. The van der Waals surface area contributed by atoms with Crippen LogP contribution in [0.2, 0.25) is 0 Å². The molecule has 0 saturated carbocycles. The van der Waals surface area contributed by atoms with Crippen molar-refractivity contribution in [3.8, 4) is 6.19 Å². The molecule has 10 nitrogen and oxygen atoms in total. The van der Waals surface area contributed by atoms with Crippen molar-refractivity contribution in [2.24, 2.45) is 4.99 Å². The van der Waals surface area contributed by atoms with Crippen molar-refractivity contribution in [1.29, 1.82) is 5.26 Å². The SMILES string of the molecule is Cc1ccc(NC(=O)Nc2cccc(CN3CCN(/C(=N\C#N)N4CCOCC4)CC3)c2F)cn1. The Bertz CT molecular complexity index is 1090. The lowest BCUT2D eigenvalue weighted by Crippen LogP contribution is -2.55. The van der Waals surface area contributed by atoms with Crippen LogP contribution in [0.1, 0.15) is 11.3 Å². The maximum absolute atomic E-state index is 15.2. The lowest BCUT2D eigenvalue weighted by atomic mass is 10.1. The third kappa shape index (κ3) is 6.44. The van der Waals surface area contributed by atoms with E-state index >= 15 is 4.39 Å². The van der Waals surface area contributed by atoms with E-state index in [1.54, 1.807) is 30.5 Å². The molecule has 0 unspecified atom stereocenters. The van der Waals surface area contributed by atoms with Crippen LogP contribution in [0.5, 0.6) is 0 Å². The summed E-state index contributed by atoms with van der Waals surface area (Å²) in [5, 5.41) is 14.4. The third-order valence-corrected chi connectivity index (χ3v) is 5.99. The number of aryl methyl sites for hydroxylation is 1. The molecular weight excluding hydrogens is 451 g/mol. The fraction of sp³-hybridized carbons (Fsp3) is 0.417. The number of amides is 2. The number of carbonyl (C=O) groups is 1. The number of aliphatic imine (C=N–C) groups is 1. The number of hydrogen-bond donors (Lipinski definition) is 2. The number of morpholine rings is 1. The highest BCUT2D eigenvalue weighted by Gasteiger charge is 2.26. The first kappa shape index (κ1) is 24.4. The van der Waals surface area contributed by atoms with Gasteiger partial charge in [0.25, 0.3) is 0 Å². The second-order valence-corrected chi connectivity index (χ2v) is 8.42. The molecule has 3 heterocycles. The minimum atomic E-state index is -0.535. The molecule has 1 aromatic heterocycles. The van der Waals surface area contributed by atoms with Gasteiger partial charge < -0.3 is 25.2 Å². The Labute approximate surface area is 204 Å². The molecule has 2 fully saturated rings. The Balaban J connectivity index is 1.33. The maximum Gasteiger partial charge on any atom is 0.323 e. The zero-order chi connectivity index (χ0) is 24.6. The van der Waals surface area contributed by atoms with E-state index in [9.17, 15) is 4.79 Å². The van der Waals surface area contributed by atoms with Crippen LogP contribution >= 0.6 is 0 Å². The van der Waals surface area contributed by atoms with E-state index in [2.05, 4.69) is 35.3 Å². The average Bonchev–Trinajstić information content (AvgIpc) is 2.87. The number of nitrogens with zero attached hydrogens (tertiary/aromatic N) is 6. The van der Waals surface area contributed by atoms with Gasteiger partial charge >= 0.3 is 6.03 Å². The van der Waals surface area contributed by atoms with Gasteiger partial charge in [-0.05, 0) is 25.1 Å². The van der Waals surface area contributed by atoms with Crippen LogP contribution in [0.4, 0.5) is 20.6 Å². The van der Waals surface area contributed by atoms with Crippen LogP contribution in [-0.4, -0.2) is 84.2 Å². The topological polar surface area (TPSA) is 109 Å². The largest absolute Gasteiger partial charge is 0.378 e. The summed E-state index contributed by atoms with van der Waals surface area (Å²) < 4.78 is 20.6. The molecule has 2 aromatic rings. The number of carbonyl (C=O) groups excluding carboxylic acids is 1. The van der Waals surface area contributed by atoms with Gasteiger partial charge in [0.15, 0.2) is 5.82 Å². The minimum absolute atomic E-state index is 0.120. The summed E-state index contributed by atoms with van der Waals surface area (Å²) in [4.78, 5) is 26.8. The standard InChI is InChI=1S/C24H29FN8O2/c1-18-5-6-20(15-27-18)29-23(34)30-21-4-2-3-19(22(21)25)16-31-7-9-32(10-8-31)24(28-17-26)33-11-13-35-14-12-33/h2-6,15H,7-14,16H2,1H3,(H2,29,30,34)/b28-24+. The van der Waals surface area contributed by atoms with Crippen molar-refractivity contribution in [2.75, 3.05) is 63.1 Å². The first-order valence-corrected chi connectivity index (χ1v) is 11.6. The average molecular weight is 481 g/mol. The molecule has 184 valence electrons. The number of rotatable bonds is 4. The number of anilines is 2. The number of urea groups is 1. The summed E-state index contributed by atoms with van der Waals surface area (Å²) in [5.74, 6) is 0.231. The Morgan fingerprint density at radius 2 is 1.86 bits per heavy atom. The number of hydrogen-bond acceptors (Lipinski definition) is 6. The second kappa shape index (κ2) is 11.6. The van der Waals surface area contributed by atoms with Crippen LogP contribution in [0.25, 0.3) is 0 Å². The van der Waals surface area contributed by atoms with Crippen LogP contribution in [-0.2, 0) is 11.3 Å². The highest BCUT2D eigenvalue weighted by molar-refractivity contribution is 5.99. The fourth-order valence-corrected chi connectivity index (χ4v) is 4.12. The number of nitrogens with one attached hydrogen (secondary N) is 2. The minimum Gasteiger partial charge on any atom is -0.378 e. The van der Waals surface area contributed by atoms with Crippen molar-refractivity contribution in [1.82, 2.24) is 19.7 Å². The quantitative estimate of drug-likeness (QED) is 0.393. The molecule has 2 saturated heterocycles. The molecule has 1 aromatic carbocycles. The van der Waals surface area contributed by atoms with E-state index in [1.165, 1.54) is 6.07 Å². The highest BCUT2D eigenvalue weighted by Crippen LogP contribution is 2.21. The van der Waals surface area contributed by atoms with Gasteiger partial charge in [0, 0.05) is 57.1 Å². The number of guanidine groups is 1. The number of halogens is 1. The van der Waals surface area contributed by atoms with Crippen LogP contribution in [0.15, 0.2) is 41.5 Å². The van der Waals surface area contributed by atoms with Crippen LogP contribution in [0, 0.1) is 24.2 Å². The summed E-state index contributed by atoms with van der Waals surface area (Å²) in [6.45, 7) is 7.70. The molecule has 2 aliphatic rings. The number of nitriles is 1. The summed E-state index contributed by atoms with van der Waals surface area (Å²) in [5.41, 5.74) is 1.99. The van der Waals surface area contributed by atoms with E-state index in [4.69, 9.17) is 10.00 Å². The van der Waals surface area contributed by atoms with Gasteiger partial charge in [-0.1, -0.05) is 12.1 Å². The lowest BCUT2D eigenvalue weighted by Gasteiger charge is -2.40. The number of benzene rings is 1. The van der Waals surface area contributed by atoms with Crippen molar-refractivity contribution < 1.29 is 13.9 Å². The molecule has 2 aliphatic heterocycles. The van der Waals surface area contributed by atoms with Gasteiger partial charge in [-0.25, -0.2) is 9.18 Å². The van der Waals surface area contributed by atoms with E-state index in [0.717, 1.165) is 5.69 Å². The molecule has 0 bridgehead atoms. The van der Waals surface area contributed by atoms with E-state index < -0.39 is 11.8 Å². The summed E-state index contributed by atoms with van der Waals surface area (Å²) in [6, 6.07) is 7.98. The summed E-state index contributed by atoms with van der Waals surface area (Å²) >= 11 is 0. The van der Waals surface area contributed by atoms with E-state index in [1.807, 2.05) is 13.1 Å². The van der Waals surface area contributed by atoms with Crippen LogP contribution < -0.4 is 10.6 Å². The monoisotopic (exact) mass is 480 g/mol. The highest BCUT2D eigenvalue weighted by atomic mass is 19.1. The normalized spacial score (nSPS) is 17.1.